The quantitative estimate of drug-likeness (QED) is 0.863. The van der Waals surface area contributed by atoms with Crippen LogP contribution in [0, 0.1) is 29.6 Å². The molecule has 4 aliphatic rings. The average molecular weight is 244 g/mol. The molecule has 0 aromatic carbocycles. The van der Waals surface area contributed by atoms with E-state index in [1.54, 1.807) is 12.7 Å². The number of aromatic nitrogens is 3. The second-order valence-corrected chi connectivity index (χ2v) is 6.53. The molecule has 5 rings (SSSR count). The molecule has 0 radical (unpaired) electrons. The Balaban J connectivity index is 1.61. The van der Waals surface area contributed by atoms with Crippen LogP contribution in [0.5, 0.6) is 0 Å². The molecule has 4 fully saturated rings. The summed E-state index contributed by atoms with van der Waals surface area (Å²) in [5, 5.41) is 0. The van der Waals surface area contributed by atoms with E-state index in [-0.39, 0.29) is 6.04 Å². The summed E-state index contributed by atoms with van der Waals surface area (Å²) >= 11 is 0. The second-order valence-electron chi connectivity index (χ2n) is 6.53. The fraction of sp³-hybridized carbons (Fsp3) is 0.786. The minimum Gasteiger partial charge on any atom is -0.321 e. The Morgan fingerprint density at radius 1 is 0.944 bits per heavy atom. The van der Waals surface area contributed by atoms with E-state index in [1.807, 2.05) is 0 Å². The summed E-state index contributed by atoms with van der Waals surface area (Å²) in [4.78, 5) is 12.4. The summed E-state index contributed by atoms with van der Waals surface area (Å²) in [6, 6.07) is 0.0167. The van der Waals surface area contributed by atoms with Crippen molar-refractivity contribution in [2.24, 2.45) is 35.3 Å². The number of nitrogens with zero attached hydrogens (tertiary/aromatic N) is 3. The Kier molecular flexibility index (Phi) is 2.40. The molecule has 18 heavy (non-hydrogen) atoms. The second kappa shape index (κ2) is 3.98. The van der Waals surface area contributed by atoms with Crippen molar-refractivity contribution in [1.82, 2.24) is 15.0 Å². The zero-order valence-corrected chi connectivity index (χ0v) is 10.6. The van der Waals surface area contributed by atoms with Crippen molar-refractivity contribution >= 4 is 0 Å². The summed E-state index contributed by atoms with van der Waals surface area (Å²) < 4.78 is 0. The largest absolute Gasteiger partial charge is 0.321 e. The van der Waals surface area contributed by atoms with E-state index in [0.717, 1.165) is 29.5 Å². The van der Waals surface area contributed by atoms with Crippen LogP contribution < -0.4 is 5.73 Å². The molecule has 1 heterocycles. The van der Waals surface area contributed by atoms with Crippen LogP contribution in [0.1, 0.15) is 44.0 Å². The standard InChI is InChI=1S/C14H20N4/c15-13(14-17-6-16-7-18-14)12-10-2-8-1-9(4-10)5-11(12)3-8/h6-13H,1-5,15H2. The molecule has 0 aliphatic heterocycles. The van der Waals surface area contributed by atoms with Gasteiger partial charge in [-0.2, -0.15) is 0 Å². The Bertz CT molecular complexity index is 405. The zero-order valence-electron chi connectivity index (χ0n) is 10.6. The topological polar surface area (TPSA) is 64.7 Å². The van der Waals surface area contributed by atoms with Gasteiger partial charge in [-0.3, -0.25) is 0 Å². The molecule has 4 heteroatoms. The van der Waals surface area contributed by atoms with E-state index in [9.17, 15) is 0 Å². The summed E-state index contributed by atoms with van der Waals surface area (Å²) in [7, 11) is 0. The lowest BCUT2D eigenvalue weighted by Crippen LogP contribution is -2.49. The van der Waals surface area contributed by atoms with Crippen molar-refractivity contribution < 1.29 is 0 Å². The van der Waals surface area contributed by atoms with E-state index in [4.69, 9.17) is 5.73 Å². The SMILES string of the molecule is NC(c1ncncn1)C1C2CC3CC(C2)CC1C3. The first kappa shape index (κ1) is 10.9. The van der Waals surface area contributed by atoms with E-state index >= 15 is 0 Å². The third-order valence-corrected chi connectivity index (χ3v) is 5.53. The lowest BCUT2D eigenvalue weighted by atomic mass is 9.50. The number of rotatable bonds is 2. The fourth-order valence-corrected chi connectivity index (χ4v) is 5.15. The molecule has 1 aromatic heterocycles. The lowest BCUT2D eigenvalue weighted by molar-refractivity contribution is -0.0482. The molecule has 4 aliphatic carbocycles. The Morgan fingerprint density at radius 2 is 1.50 bits per heavy atom. The van der Waals surface area contributed by atoms with Crippen molar-refractivity contribution in [2.75, 3.05) is 0 Å². The van der Waals surface area contributed by atoms with Crippen molar-refractivity contribution in [3.8, 4) is 0 Å². The monoisotopic (exact) mass is 244 g/mol. The van der Waals surface area contributed by atoms with Gasteiger partial charge >= 0.3 is 0 Å². The fourth-order valence-electron chi connectivity index (χ4n) is 5.15. The molecule has 0 saturated heterocycles. The molecule has 0 amide bonds. The number of hydrogen-bond donors (Lipinski definition) is 1. The summed E-state index contributed by atoms with van der Waals surface area (Å²) in [6.07, 6.45) is 10.2. The highest BCUT2D eigenvalue weighted by Crippen LogP contribution is 2.58. The molecule has 1 aromatic rings. The highest BCUT2D eigenvalue weighted by molar-refractivity contribution is 5.05. The zero-order chi connectivity index (χ0) is 12.1. The van der Waals surface area contributed by atoms with Gasteiger partial charge in [0.2, 0.25) is 0 Å². The van der Waals surface area contributed by atoms with Crippen molar-refractivity contribution in [1.29, 1.82) is 0 Å². The van der Waals surface area contributed by atoms with Gasteiger partial charge in [0.05, 0.1) is 6.04 Å². The molecule has 1 atom stereocenters. The first-order chi connectivity index (χ1) is 8.81. The maximum absolute atomic E-state index is 6.47. The summed E-state index contributed by atoms with van der Waals surface area (Å²) in [5.74, 6) is 5.05. The predicted molar refractivity (Wildman–Crippen MR) is 67.3 cm³/mol. The van der Waals surface area contributed by atoms with Gasteiger partial charge in [-0.1, -0.05) is 0 Å². The van der Waals surface area contributed by atoms with Crippen LogP contribution in [0.2, 0.25) is 0 Å². The maximum atomic E-state index is 6.47. The minimum absolute atomic E-state index is 0.0167. The van der Waals surface area contributed by atoms with Gasteiger partial charge < -0.3 is 5.73 Å². The molecule has 4 bridgehead atoms. The van der Waals surface area contributed by atoms with Gasteiger partial charge in [0.15, 0.2) is 0 Å². The van der Waals surface area contributed by atoms with Gasteiger partial charge in [0.25, 0.3) is 0 Å². The van der Waals surface area contributed by atoms with Gasteiger partial charge in [-0.15, -0.1) is 0 Å². The van der Waals surface area contributed by atoms with E-state index in [0.29, 0.717) is 5.92 Å². The Morgan fingerprint density at radius 3 is 2.06 bits per heavy atom. The predicted octanol–water partition coefficient (Wildman–Crippen LogP) is 1.94. The first-order valence-electron chi connectivity index (χ1n) is 7.18. The van der Waals surface area contributed by atoms with Crippen molar-refractivity contribution in [3.63, 3.8) is 0 Å². The molecule has 4 saturated carbocycles. The number of hydrogen-bond acceptors (Lipinski definition) is 4. The van der Waals surface area contributed by atoms with Crippen molar-refractivity contribution in [3.05, 3.63) is 18.5 Å². The van der Waals surface area contributed by atoms with Gasteiger partial charge in [0, 0.05) is 0 Å². The van der Waals surface area contributed by atoms with E-state index < -0.39 is 0 Å². The van der Waals surface area contributed by atoms with Crippen molar-refractivity contribution in [2.45, 2.75) is 38.1 Å². The molecule has 4 nitrogen and oxygen atoms in total. The van der Waals surface area contributed by atoms with E-state index in [2.05, 4.69) is 15.0 Å². The molecule has 1 unspecified atom stereocenters. The highest BCUT2D eigenvalue weighted by Gasteiger charge is 2.50. The molecular weight excluding hydrogens is 224 g/mol. The Hall–Kier alpha value is -1.03. The van der Waals surface area contributed by atoms with Crippen LogP contribution in [0.25, 0.3) is 0 Å². The minimum atomic E-state index is 0.0167. The number of nitrogens with two attached hydrogens (primary N) is 1. The van der Waals surface area contributed by atoms with Crippen LogP contribution in [0.15, 0.2) is 12.7 Å². The lowest BCUT2D eigenvalue weighted by Gasteiger charge is -2.55. The third kappa shape index (κ3) is 1.58. The molecular formula is C14H20N4. The van der Waals surface area contributed by atoms with Gasteiger partial charge in [-0.25, -0.2) is 15.0 Å². The average Bonchev–Trinajstić information content (AvgIpc) is 2.38. The van der Waals surface area contributed by atoms with Crippen LogP contribution >= 0.6 is 0 Å². The summed E-state index contributed by atoms with van der Waals surface area (Å²) in [6.45, 7) is 0. The van der Waals surface area contributed by atoms with Gasteiger partial charge in [-0.05, 0) is 61.7 Å². The first-order valence-corrected chi connectivity index (χ1v) is 7.18. The smallest absolute Gasteiger partial charge is 0.148 e. The van der Waals surface area contributed by atoms with Crippen LogP contribution in [0.3, 0.4) is 0 Å². The van der Waals surface area contributed by atoms with E-state index in [1.165, 1.54) is 32.1 Å². The highest BCUT2D eigenvalue weighted by atomic mass is 15.0. The van der Waals surface area contributed by atoms with Crippen LogP contribution in [-0.2, 0) is 0 Å². The van der Waals surface area contributed by atoms with Crippen LogP contribution in [0.4, 0.5) is 0 Å². The molecule has 96 valence electrons. The Labute approximate surface area is 107 Å². The summed E-state index contributed by atoms with van der Waals surface area (Å²) in [5.41, 5.74) is 6.47. The normalized spacial score (nSPS) is 43.1. The molecule has 2 N–H and O–H groups in total. The van der Waals surface area contributed by atoms with Gasteiger partial charge in [0.1, 0.15) is 18.5 Å². The maximum Gasteiger partial charge on any atom is 0.148 e. The molecule has 0 spiro atoms. The third-order valence-electron chi connectivity index (χ3n) is 5.53. The van der Waals surface area contributed by atoms with Crippen LogP contribution in [-0.4, -0.2) is 15.0 Å².